The minimum atomic E-state index is -4.28. The van der Waals surface area contributed by atoms with Crippen molar-refractivity contribution in [3.63, 3.8) is 0 Å². The second-order valence-electron chi connectivity index (χ2n) is 3.74. The third-order valence-electron chi connectivity index (χ3n) is 2.20. The minimum absolute atomic E-state index is 0.181. The van der Waals surface area contributed by atoms with Crippen molar-refractivity contribution < 1.29 is 21.7 Å². The number of benzene rings is 1. The number of hydrogen-bond acceptors (Lipinski definition) is 5. The fourth-order valence-corrected chi connectivity index (χ4v) is 2.42. The molecule has 9 heteroatoms. The van der Waals surface area contributed by atoms with Gasteiger partial charge in [-0.15, -0.1) is 0 Å². The summed E-state index contributed by atoms with van der Waals surface area (Å²) >= 11 is 0. The minimum Gasteiger partial charge on any atom is -0.396 e. The summed E-state index contributed by atoms with van der Waals surface area (Å²) in [6.45, 7) is 1.58. The first-order valence-electron chi connectivity index (χ1n) is 5.00. The molecule has 1 aromatic carbocycles. The fourth-order valence-electron chi connectivity index (χ4n) is 1.35. The number of nitrogens with zero attached hydrogens (tertiary/aromatic N) is 1. The number of sulfonamides is 1. The largest absolute Gasteiger partial charge is 0.396 e. The van der Waals surface area contributed by atoms with E-state index in [-0.39, 0.29) is 5.88 Å². The van der Waals surface area contributed by atoms with E-state index in [0.717, 1.165) is 0 Å². The van der Waals surface area contributed by atoms with Crippen LogP contribution in [0.4, 0.5) is 20.4 Å². The number of anilines is 2. The third-order valence-corrected chi connectivity index (χ3v) is 3.57. The van der Waals surface area contributed by atoms with Crippen molar-refractivity contribution in [2.45, 2.75) is 11.8 Å². The van der Waals surface area contributed by atoms with Gasteiger partial charge in [-0.1, -0.05) is 5.16 Å². The molecule has 0 saturated carbocycles. The second kappa shape index (κ2) is 4.50. The van der Waals surface area contributed by atoms with Crippen molar-refractivity contribution in [3.05, 3.63) is 35.5 Å². The number of rotatable bonds is 3. The van der Waals surface area contributed by atoms with E-state index in [1.54, 1.807) is 6.92 Å². The number of halogens is 2. The number of aromatic nitrogens is 1. The van der Waals surface area contributed by atoms with E-state index in [1.165, 1.54) is 6.07 Å². The summed E-state index contributed by atoms with van der Waals surface area (Å²) in [5, 5.41) is 3.47. The van der Waals surface area contributed by atoms with Crippen molar-refractivity contribution in [1.29, 1.82) is 0 Å². The Morgan fingerprint density at radius 2 is 1.95 bits per heavy atom. The maximum absolute atomic E-state index is 13.5. The van der Waals surface area contributed by atoms with Crippen molar-refractivity contribution in [3.8, 4) is 0 Å². The predicted octanol–water partition coefficient (Wildman–Crippen LogP) is 1.64. The van der Waals surface area contributed by atoms with Crippen LogP contribution in [0.2, 0.25) is 0 Å². The van der Waals surface area contributed by atoms with Crippen LogP contribution < -0.4 is 10.5 Å². The van der Waals surface area contributed by atoms with Crippen LogP contribution in [0.25, 0.3) is 0 Å². The molecule has 0 aliphatic heterocycles. The fraction of sp³-hybridized carbons (Fsp3) is 0.100. The van der Waals surface area contributed by atoms with Crippen LogP contribution in [0.5, 0.6) is 0 Å². The van der Waals surface area contributed by atoms with Crippen LogP contribution in [0.3, 0.4) is 0 Å². The average molecular weight is 289 g/mol. The van der Waals surface area contributed by atoms with Gasteiger partial charge in [0.15, 0.2) is 0 Å². The van der Waals surface area contributed by atoms with Gasteiger partial charge in [0.2, 0.25) is 5.88 Å². The maximum atomic E-state index is 13.5. The molecule has 0 fully saturated rings. The zero-order valence-electron chi connectivity index (χ0n) is 9.65. The molecule has 2 aromatic rings. The van der Waals surface area contributed by atoms with Crippen LogP contribution in [-0.4, -0.2) is 13.6 Å². The maximum Gasteiger partial charge on any atom is 0.267 e. The molecule has 2 rings (SSSR count). The number of nitrogen functional groups attached to an aromatic ring is 1. The van der Waals surface area contributed by atoms with Gasteiger partial charge >= 0.3 is 0 Å². The van der Waals surface area contributed by atoms with Gasteiger partial charge in [0.1, 0.15) is 16.5 Å². The highest BCUT2D eigenvalue weighted by molar-refractivity contribution is 7.92. The molecule has 19 heavy (non-hydrogen) atoms. The molecule has 0 saturated heterocycles. The first-order chi connectivity index (χ1) is 8.79. The summed E-state index contributed by atoms with van der Waals surface area (Å²) in [5.74, 6) is -2.47. The lowest BCUT2D eigenvalue weighted by Gasteiger charge is -2.07. The van der Waals surface area contributed by atoms with Gasteiger partial charge in [-0.3, -0.25) is 0 Å². The van der Waals surface area contributed by atoms with Crippen LogP contribution in [-0.2, 0) is 10.0 Å². The summed E-state index contributed by atoms with van der Waals surface area (Å²) < 4.78 is 56.8. The summed E-state index contributed by atoms with van der Waals surface area (Å²) in [5.41, 5.74) is 5.18. The van der Waals surface area contributed by atoms with E-state index >= 15 is 0 Å². The van der Waals surface area contributed by atoms with Crippen LogP contribution in [0.1, 0.15) is 5.69 Å². The lowest BCUT2D eigenvalue weighted by Crippen LogP contribution is -2.15. The second-order valence-corrected chi connectivity index (χ2v) is 5.39. The van der Waals surface area contributed by atoms with Crippen molar-refractivity contribution >= 4 is 21.6 Å². The van der Waals surface area contributed by atoms with E-state index in [2.05, 4.69) is 9.68 Å². The first kappa shape index (κ1) is 13.3. The highest BCUT2D eigenvalue weighted by atomic mass is 32.2. The normalized spacial score (nSPS) is 11.5. The number of nitrogens with one attached hydrogen (secondary N) is 1. The Morgan fingerprint density at radius 3 is 2.53 bits per heavy atom. The molecule has 0 bridgehead atoms. The van der Waals surface area contributed by atoms with Gasteiger partial charge in [0, 0.05) is 12.1 Å². The number of hydrogen-bond donors (Lipinski definition) is 2. The molecule has 6 nitrogen and oxygen atoms in total. The molecule has 102 valence electrons. The van der Waals surface area contributed by atoms with Crippen LogP contribution in [0.15, 0.2) is 27.6 Å². The highest BCUT2D eigenvalue weighted by Crippen LogP contribution is 2.23. The lowest BCUT2D eigenvalue weighted by atomic mass is 10.3. The van der Waals surface area contributed by atoms with E-state index in [9.17, 15) is 17.2 Å². The van der Waals surface area contributed by atoms with E-state index in [0.29, 0.717) is 17.8 Å². The smallest absolute Gasteiger partial charge is 0.267 e. The summed E-state index contributed by atoms with van der Waals surface area (Å²) in [6, 6.07) is 2.40. The Labute approximate surface area is 107 Å². The topological polar surface area (TPSA) is 98.2 Å². The SMILES string of the molecule is Cc1cc(NS(=O)(=O)c2cc(N)c(F)cc2F)on1. The Balaban J connectivity index is 2.42. The molecule has 3 N–H and O–H groups in total. The first-order valence-corrected chi connectivity index (χ1v) is 6.48. The number of nitrogens with two attached hydrogens (primary N) is 1. The van der Waals surface area contributed by atoms with E-state index < -0.39 is 32.2 Å². The van der Waals surface area contributed by atoms with E-state index in [1.807, 2.05) is 4.72 Å². The molecule has 1 aromatic heterocycles. The van der Waals surface area contributed by atoms with Gasteiger partial charge in [0.05, 0.1) is 11.4 Å². The van der Waals surface area contributed by atoms with Gasteiger partial charge in [-0.25, -0.2) is 21.9 Å². The molecule has 0 unspecified atom stereocenters. The molecule has 0 aliphatic rings. The van der Waals surface area contributed by atoms with Gasteiger partial charge in [-0.2, -0.15) is 0 Å². The zero-order valence-corrected chi connectivity index (χ0v) is 10.5. The molecule has 0 aliphatic carbocycles. The molecule has 0 radical (unpaired) electrons. The standard InChI is InChI=1S/C10H9F2N3O3S/c1-5-2-10(18-14-5)15-19(16,17)9-4-8(13)6(11)3-7(9)12/h2-4,15H,13H2,1H3. The van der Waals surface area contributed by atoms with Crippen molar-refractivity contribution in [1.82, 2.24) is 5.16 Å². The summed E-state index contributed by atoms with van der Waals surface area (Å²) in [7, 11) is -4.28. The third kappa shape index (κ3) is 2.65. The Hall–Kier alpha value is -2.16. The molecule has 0 amide bonds. The van der Waals surface area contributed by atoms with Crippen LogP contribution in [0, 0.1) is 18.6 Å². The van der Waals surface area contributed by atoms with E-state index in [4.69, 9.17) is 5.73 Å². The van der Waals surface area contributed by atoms with Crippen molar-refractivity contribution in [2.24, 2.45) is 0 Å². The average Bonchev–Trinajstić information content (AvgIpc) is 2.68. The summed E-state index contributed by atoms with van der Waals surface area (Å²) in [4.78, 5) is -0.777. The molecule has 0 atom stereocenters. The van der Waals surface area contributed by atoms with Crippen molar-refractivity contribution in [2.75, 3.05) is 10.5 Å². The van der Waals surface area contributed by atoms with Crippen LogP contribution >= 0.6 is 0 Å². The quantitative estimate of drug-likeness (QED) is 0.837. The zero-order chi connectivity index (χ0) is 14.2. The Morgan fingerprint density at radius 1 is 1.26 bits per heavy atom. The Kier molecular flexibility index (Phi) is 3.14. The molecule has 1 heterocycles. The Bertz CT molecular complexity index is 728. The number of aryl methyl sites for hydroxylation is 1. The molecular weight excluding hydrogens is 280 g/mol. The highest BCUT2D eigenvalue weighted by Gasteiger charge is 2.22. The molecular formula is C10H9F2N3O3S. The van der Waals surface area contributed by atoms with Gasteiger partial charge in [-0.05, 0) is 13.0 Å². The van der Waals surface area contributed by atoms with Gasteiger partial charge in [0.25, 0.3) is 10.0 Å². The summed E-state index contributed by atoms with van der Waals surface area (Å²) in [6.07, 6.45) is 0. The monoisotopic (exact) mass is 289 g/mol. The predicted molar refractivity (Wildman–Crippen MR) is 62.8 cm³/mol. The van der Waals surface area contributed by atoms with Gasteiger partial charge < -0.3 is 10.3 Å². The molecule has 0 spiro atoms. The lowest BCUT2D eigenvalue weighted by molar-refractivity contribution is 0.430.